The second kappa shape index (κ2) is 8.01. The molecule has 0 spiro atoms. The van der Waals surface area contributed by atoms with Gasteiger partial charge in [-0.3, -0.25) is 9.69 Å². The van der Waals surface area contributed by atoms with Gasteiger partial charge in [0.25, 0.3) is 0 Å². The normalized spacial score (nSPS) is 21.8. The number of aryl methyl sites for hydroxylation is 1. The van der Waals surface area contributed by atoms with Crippen LogP contribution < -0.4 is 14.8 Å². The van der Waals surface area contributed by atoms with Crippen LogP contribution in [-0.2, 0) is 17.8 Å². The van der Waals surface area contributed by atoms with E-state index in [0.717, 1.165) is 43.0 Å². The van der Waals surface area contributed by atoms with E-state index in [4.69, 9.17) is 9.47 Å². The molecule has 0 radical (unpaired) electrons. The first-order valence-corrected chi connectivity index (χ1v) is 9.65. The van der Waals surface area contributed by atoms with Crippen LogP contribution in [-0.4, -0.2) is 42.6 Å². The van der Waals surface area contributed by atoms with Crippen LogP contribution in [0.25, 0.3) is 0 Å². The summed E-state index contributed by atoms with van der Waals surface area (Å²) in [4.78, 5) is 14.6. The number of benzene rings is 2. The molecular weight excluding hydrogens is 340 g/mol. The van der Waals surface area contributed by atoms with E-state index in [1.54, 1.807) is 0 Å². The van der Waals surface area contributed by atoms with Crippen LogP contribution in [0, 0.1) is 0 Å². The summed E-state index contributed by atoms with van der Waals surface area (Å²) >= 11 is 0. The highest BCUT2D eigenvalue weighted by Gasteiger charge is 2.23. The lowest BCUT2D eigenvalue weighted by atomic mass is 10.0. The molecule has 4 rings (SSSR count). The summed E-state index contributed by atoms with van der Waals surface area (Å²) in [5.74, 6) is 1.89. The maximum atomic E-state index is 12.5. The van der Waals surface area contributed by atoms with Crippen molar-refractivity contribution < 1.29 is 14.3 Å². The maximum Gasteiger partial charge on any atom is 0.234 e. The molecule has 27 heavy (non-hydrogen) atoms. The quantitative estimate of drug-likeness (QED) is 0.904. The molecule has 0 saturated carbocycles. The van der Waals surface area contributed by atoms with Gasteiger partial charge in [0, 0.05) is 18.7 Å². The molecule has 2 atom stereocenters. The van der Waals surface area contributed by atoms with Crippen LogP contribution in [0.1, 0.15) is 24.5 Å². The Kier molecular flexibility index (Phi) is 5.30. The zero-order valence-corrected chi connectivity index (χ0v) is 15.7. The number of ether oxygens (including phenoxy) is 2. The van der Waals surface area contributed by atoms with Crippen LogP contribution in [0.3, 0.4) is 0 Å². The van der Waals surface area contributed by atoms with Gasteiger partial charge in [-0.15, -0.1) is 0 Å². The number of rotatable bonds is 4. The van der Waals surface area contributed by atoms with Crippen LogP contribution in [0.4, 0.5) is 0 Å². The van der Waals surface area contributed by atoms with E-state index in [0.29, 0.717) is 13.1 Å². The average molecular weight is 366 g/mol. The Hall–Kier alpha value is -2.53. The van der Waals surface area contributed by atoms with Crippen LogP contribution in [0.5, 0.6) is 11.5 Å². The van der Waals surface area contributed by atoms with Gasteiger partial charge >= 0.3 is 0 Å². The highest BCUT2D eigenvalue weighted by molar-refractivity contribution is 5.78. The predicted octanol–water partition coefficient (Wildman–Crippen LogP) is 2.78. The number of carbonyl (C=O) groups excluding carboxylic acids is 1. The number of fused-ring (bicyclic) bond motifs is 2. The molecule has 2 aromatic carbocycles. The number of carbonyl (C=O) groups is 1. The second-order valence-corrected chi connectivity index (χ2v) is 7.40. The maximum absolute atomic E-state index is 12.5. The van der Waals surface area contributed by atoms with Gasteiger partial charge in [-0.05, 0) is 37.5 Å². The molecule has 5 heteroatoms. The first kappa shape index (κ1) is 17.9. The smallest absolute Gasteiger partial charge is 0.234 e. The molecule has 2 aliphatic heterocycles. The molecule has 0 bridgehead atoms. The molecular formula is C22H26N2O3. The van der Waals surface area contributed by atoms with E-state index < -0.39 is 0 Å². The Morgan fingerprint density at radius 1 is 1.07 bits per heavy atom. The van der Waals surface area contributed by atoms with Gasteiger partial charge in [-0.25, -0.2) is 0 Å². The lowest BCUT2D eigenvalue weighted by molar-refractivity contribution is -0.122. The van der Waals surface area contributed by atoms with Crippen molar-refractivity contribution in [1.82, 2.24) is 10.2 Å². The van der Waals surface area contributed by atoms with Crippen molar-refractivity contribution in [3.63, 3.8) is 0 Å². The Bertz CT molecular complexity index is 808. The minimum Gasteiger partial charge on any atom is -0.489 e. The fourth-order valence-electron chi connectivity index (χ4n) is 3.80. The molecule has 0 fully saturated rings. The summed E-state index contributed by atoms with van der Waals surface area (Å²) in [6, 6.07) is 16.2. The van der Waals surface area contributed by atoms with Gasteiger partial charge in [0.05, 0.1) is 13.1 Å². The van der Waals surface area contributed by atoms with Crippen molar-refractivity contribution in [1.29, 1.82) is 0 Å². The summed E-state index contributed by atoms with van der Waals surface area (Å²) in [6.45, 7) is 4.41. The zero-order valence-electron chi connectivity index (χ0n) is 15.7. The number of hydrogen-bond acceptors (Lipinski definition) is 4. The molecule has 142 valence electrons. The van der Waals surface area contributed by atoms with Gasteiger partial charge < -0.3 is 14.8 Å². The van der Waals surface area contributed by atoms with Crippen molar-refractivity contribution >= 4 is 5.91 Å². The fourth-order valence-corrected chi connectivity index (χ4v) is 3.80. The van der Waals surface area contributed by atoms with Gasteiger partial charge in [0.2, 0.25) is 5.91 Å². The number of nitrogens with zero attached hydrogens (tertiary/aromatic N) is 1. The molecule has 5 nitrogen and oxygen atoms in total. The number of amides is 1. The monoisotopic (exact) mass is 366 g/mol. The highest BCUT2D eigenvalue weighted by atomic mass is 16.5. The Labute approximate surface area is 160 Å². The molecule has 0 saturated heterocycles. The minimum absolute atomic E-state index is 0.0315. The summed E-state index contributed by atoms with van der Waals surface area (Å²) in [5, 5.41) is 3.04. The lowest BCUT2D eigenvalue weighted by Gasteiger charge is -2.27. The molecule has 2 aliphatic rings. The first-order chi connectivity index (χ1) is 13.2. The average Bonchev–Trinajstić information content (AvgIpc) is 2.83. The standard InChI is InChI=1S/C22H26N2O3/c1-16-13-24(14-18-7-3-5-9-21(18)26-16)15-22(25)23-12-19-11-10-17-6-2-4-8-20(17)27-19/h2-9,16,19H,10-15H2,1H3,(H,23,25)/t16?,19-/m1/s1. The third-order valence-electron chi connectivity index (χ3n) is 5.11. The molecule has 0 aliphatic carbocycles. The first-order valence-electron chi connectivity index (χ1n) is 9.65. The van der Waals surface area contributed by atoms with Crippen LogP contribution in [0.2, 0.25) is 0 Å². The molecule has 2 aromatic rings. The molecule has 2 heterocycles. The summed E-state index contributed by atoms with van der Waals surface area (Å²) in [6.07, 6.45) is 2.02. The number of nitrogens with one attached hydrogen (secondary N) is 1. The molecule has 0 aromatic heterocycles. The lowest BCUT2D eigenvalue weighted by Crippen LogP contribution is -2.43. The van der Waals surface area contributed by atoms with E-state index in [1.165, 1.54) is 5.56 Å². The van der Waals surface area contributed by atoms with E-state index in [9.17, 15) is 4.79 Å². The number of hydrogen-bond donors (Lipinski definition) is 1. The Morgan fingerprint density at radius 3 is 2.59 bits per heavy atom. The van der Waals surface area contributed by atoms with Crippen molar-refractivity contribution in [3.05, 3.63) is 59.7 Å². The summed E-state index contributed by atoms with van der Waals surface area (Å²) < 4.78 is 12.0. The van der Waals surface area contributed by atoms with Crippen molar-refractivity contribution in [2.45, 2.75) is 38.5 Å². The molecule has 1 N–H and O–H groups in total. The minimum atomic E-state index is 0.0315. The second-order valence-electron chi connectivity index (χ2n) is 7.40. The van der Waals surface area contributed by atoms with Crippen LogP contribution >= 0.6 is 0 Å². The Morgan fingerprint density at radius 2 is 1.78 bits per heavy atom. The van der Waals surface area contributed by atoms with E-state index in [-0.39, 0.29) is 18.1 Å². The van der Waals surface area contributed by atoms with Crippen LogP contribution in [0.15, 0.2) is 48.5 Å². The SMILES string of the molecule is CC1CN(CC(=O)NC[C@H]2CCc3ccccc3O2)Cc2ccccc2O1. The third kappa shape index (κ3) is 4.42. The molecule has 1 amide bonds. The largest absolute Gasteiger partial charge is 0.489 e. The van der Waals surface area contributed by atoms with Gasteiger partial charge in [-0.2, -0.15) is 0 Å². The van der Waals surface area contributed by atoms with E-state index in [1.807, 2.05) is 43.3 Å². The van der Waals surface area contributed by atoms with Gasteiger partial charge in [0.1, 0.15) is 23.7 Å². The van der Waals surface area contributed by atoms with E-state index in [2.05, 4.69) is 22.3 Å². The fraction of sp³-hybridized carbons (Fsp3) is 0.409. The highest BCUT2D eigenvalue weighted by Crippen LogP contribution is 2.27. The summed E-state index contributed by atoms with van der Waals surface area (Å²) in [7, 11) is 0. The summed E-state index contributed by atoms with van der Waals surface area (Å²) in [5.41, 5.74) is 2.37. The van der Waals surface area contributed by atoms with E-state index >= 15 is 0 Å². The Balaban J connectivity index is 1.30. The molecule has 1 unspecified atom stereocenters. The van der Waals surface area contributed by atoms with Crippen molar-refractivity contribution in [2.75, 3.05) is 19.6 Å². The zero-order chi connectivity index (χ0) is 18.6. The van der Waals surface area contributed by atoms with Gasteiger partial charge in [0.15, 0.2) is 0 Å². The van der Waals surface area contributed by atoms with Crippen molar-refractivity contribution in [2.24, 2.45) is 0 Å². The number of para-hydroxylation sites is 2. The third-order valence-corrected chi connectivity index (χ3v) is 5.11. The van der Waals surface area contributed by atoms with Crippen molar-refractivity contribution in [3.8, 4) is 11.5 Å². The predicted molar refractivity (Wildman–Crippen MR) is 104 cm³/mol. The van der Waals surface area contributed by atoms with Gasteiger partial charge in [-0.1, -0.05) is 36.4 Å². The topological polar surface area (TPSA) is 50.8 Å².